The van der Waals surface area contributed by atoms with Gasteiger partial charge >= 0.3 is 0 Å². The van der Waals surface area contributed by atoms with Crippen molar-refractivity contribution in [3.05, 3.63) is 52.0 Å². The van der Waals surface area contributed by atoms with Crippen LogP contribution in [0, 0.1) is 6.92 Å². The predicted octanol–water partition coefficient (Wildman–Crippen LogP) is 3.39. The van der Waals surface area contributed by atoms with Gasteiger partial charge in [-0.2, -0.15) is 5.10 Å². The number of rotatable bonds is 5. The molecule has 20 heavy (non-hydrogen) atoms. The van der Waals surface area contributed by atoms with Crippen LogP contribution in [0.2, 0.25) is 0 Å². The van der Waals surface area contributed by atoms with E-state index in [1.54, 1.807) is 35.9 Å². The van der Waals surface area contributed by atoms with Crippen molar-refractivity contribution in [2.75, 3.05) is 0 Å². The quantitative estimate of drug-likeness (QED) is 0.677. The third kappa shape index (κ3) is 3.74. The summed E-state index contributed by atoms with van der Waals surface area (Å²) in [5, 5.41) is 4.28. The molecule has 2 aromatic rings. The van der Waals surface area contributed by atoms with E-state index in [1.807, 2.05) is 6.07 Å². The summed E-state index contributed by atoms with van der Waals surface area (Å²) in [6, 6.07) is 7.45. The third-order valence-electron chi connectivity index (χ3n) is 2.75. The molecule has 0 aliphatic rings. The van der Waals surface area contributed by atoms with Crippen molar-refractivity contribution in [3.8, 4) is 0 Å². The second-order valence-electron chi connectivity index (χ2n) is 4.40. The van der Waals surface area contributed by atoms with Crippen molar-refractivity contribution >= 4 is 23.0 Å². The lowest BCUT2D eigenvalue weighted by molar-refractivity contribution is 0.0954. The fraction of sp³-hybridized carbons (Fsp3) is 0.267. The molecule has 0 unspecified atom stereocenters. The normalized spacial score (nSPS) is 11.4. The molecule has 1 N–H and O–H groups in total. The lowest BCUT2D eigenvalue weighted by Gasteiger charge is -2.04. The summed E-state index contributed by atoms with van der Waals surface area (Å²) in [5.74, 6) is -0.214. The van der Waals surface area contributed by atoms with Crippen molar-refractivity contribution in [1.82, 2.24) is 10.4 Å². The first-order valence-corrected chi connectivity index (χ1v) is 7.36. The summed E-state index contributed by atoms with van der Waals surface area (Å²) < 4.78 is 0. The molecule has 0 saturated heterocycles. The number of thiophene rings is 1. The molecule has 0 aliphatic heterocycles. The number of pyridine rings is 1. The van der Waals surface area contributed by atoms with E-state index in [-0.39, 0.29) is 5.91 Å². The molecule has 2 rings (SSSR count). The van der Waals surface area contributed by atoms with Crippen LogP contribution in [0.1, 0.15) is 39.9 Å². The first kappa shape index (κ1) is 14.4. The fourth-order valence-corrected chi connectivity index (χ4v) is 2.63. The van der Waals surface area contributed by atoms with Crippen LogP contribution in [0.4, 0.5) is 0 Å². The van der Waals surface area contributed by atoms with Gasteiger partial charge in [0.1, 0.15) is 0 Å². The molecule has 0 spiro atoms. The molecule has 1 amide bonds. The van der Waals surface area contributed by atoms with Crippen molar-refractivity contribution in [3.63, 3.8) is 0 Å². The Labute approximate surface area is 122 Å². The molecular formula is C15H17N3OS. The van der Waals surface area contributed by atoms with Gasteiger partial charge in [0.05, 0.1) is 10.6 Å². The zero-order valence-electron chi connectivity index (χ0n) is 11.6. The van der Waals surface area contributed by atoms with E-state index in [1.165, 1.54) is 4.88 Å². The summed E-state index contributed by atoms with van der Waals surface area (Å²) in [6.07, 6.45) is 5.01. The molecular weight excluding hydrogens is 270 g/mol. The number of amides is 1. The average Bonchev–Trinajstić information content (AvgIpc) is 2.90. The number of hydrogen-bond donors (Lipinski definition) is 1. The second kappa shape index (κ2) is 6.96. The van der Waals surface area contributed by atoms with Gasteiger partial charge < -0.3 is 0 Å². The molecule has 0 atom stereocenters. The highest BCUT2D eigenvalue weighted by atomic mass is 32.1. The van der Waals surface area contributed by atoms with E-state index < -0.39 is 0 Å². The lowest BCUT2D eigenvalue weighted by Crippen LogP contribution is -2.19. The maximum Gasteiger partial charge on any atom is 0.271 e. The zero-order chi connectivity index (χ0) is 14.4. The summed E-state index contributed by atoms with van der Waals surface area (Å²) >= 11 is 1.69. The lowest BCUT2D eigenvalue weighted by atomic mass is 10.2. The molecule has 5 heteroatoms. The molecule has 4 nitrogen and oxygen atoms in total. The smallest absolute Gasteiger partial charge is 0.267 e. The first-order chi connectivity index (χ1) is 9.70. The number of carbonyl (C=O) groups is 1. The number of aryl methyl sites for hydroxylation is 1. The molecule has 0 saturated carbocycles. The van der Waals surface area contributed by atoms with Gasteiger partial charge in [-0.05, 0) is 37.6 Å². The van der Waals surface area contributed by atoms with E-state index >= 15 is 0 Å². The van der Waals surface area contributed by atoms with Crippen LogP contribution < -0.4 is 5.43 Å². The topological polar surface area (TPSA) is 54.4 Å². The Morgan fingerprint density at radius 3 is 2.65 bits per heavy atom. The van der Waals surface area contributed by atoms with Crippen LogP contribution in [0.3, 0.4) is 0 Å². The average molecular weight is 287 g/mol. The highest BCUT2D eigenvalue weighted by Gasteiger charge is 2.08. The minimum atomic E-state index is -0.214. The zero-order valence-corrected chi connectivity index (χ0v) is 12.4. The van der Waals surface area contributed by atoms with Crippen LogP contribution in [0.25, 0.3) is 0 Å². The van der Waals surface area contributed by atoms with Gasteiger partial charge in [0.15, 0.2) is 0 Å². The Morgan fingerprint density at radius 1 is 1.30 bits per heavy atom. The van der Waals surface area contributed by atoms with Crippen LogP contribution in [-0.2, 0) is 0 Å². The molecule has 0 aromatic carbocycles. The van der Waals surface area contributed by atoms with E-state index in [2.05, 4.69) is 35.4 Å². The maximum absolute atomic E-state index is 11.9. The minimum absolute atomic E-state index is 0.214. The SMILES string of the molecule is CCC/C(=N/NC(=O)c1ccncc1)c1ccc(C)s1. The Bertz CT molecular complexity index is 605. The van der Waals surface area contributed by atoms with E-state index in [0.29, 0.717) is 5.56 Å². The van der Waals surface area contributed by atoms with Crippen LogP contribution in [-0.4, -0.2) is 16.6 Å². The van der Waals surface area contributed by atoms with E-state index in [4.69, 9.17) is 0 Å². The first-order valence-electron chi connectivity index (χ1n) is 6.54. The molecule has 0 fully saturated rings. The van der Waals surface area contributed by atoms with Gasteiger partial charge in [-0.3, -0.25) is 9.78 Å². The Balaban J connectivity index is 2.12. The van der Waals surface area contributed by atoms with Crippen molar-refractivity contribution in [1.29, 1.82) is 0 Å². The largest absolute Gasteiger partial charge is 0.271 e. The minimum Gasteiger partial charge on any atom is -0.267 e. The van der Waals surface area contributed by atoms with Crippen LogP contribution in [0.5, 0.6) is 0 Å². The van der Waals surface area contributed by atoms with Gasteiger partial charge in [-0.25, -0.2) is 5.43 Å². The van der Waals surface area contributed by atoms with E-state index in [0.717, 1.165) is 23.4 Å². The molecule has 0 bridgehead atoms. The molecule has 0 aliphatic carbocycles. The molecule has 0 radical (unpaired) electrons. The van der Waals surface area contributed by atoms with E-state index in [9.17, 15) is 4.79 Å². The van der Waals surface area contributed by atoms with Crippen molar-refractivity contribution in [2.24, 2.45) is 5.10 Å². The molecule has 104 valence electrons. The van der Waals surface area contributed by atoms with Crippen molar-refractivity contribution < 1.29 is 4.79 Å². The monoisotopic (exact) mass is 287 g/mol. The maximum atomic E-state index is 11.9. The second-order valence-corrected chi connectivity index (χ2v) is 5.68. The van der Waals surface area contributed by atoms with Gasteiger partial charge in [0, 0.05) is 22.8 Å². The van der Waals surface area contributed by atoms with Gasteiger partial charge in [-0.1, -0.05) is 13.3 Å². The number of hydrogen-bond acceptors (Lipinski definition) is 4. The molecule has 2 heterocycles. The number of hydrazone groups is 1. The summed E-state index contributed by atoms with van der Waals surface area (Å²) in [6.45, 7) is 4.16. The fourth-order valence-electron chi connectivity index (χ4n) is 1.75. The number of nitrogens with zero attached hydrogens (tertiary/aromatic N) is 2. The number of carbonyl (C=O) groups excluding carboxylic acids is 1. The van der Waals surface area contributed by atoms with Crippen LogP contribution >= 0.6 is 11.3 Å². The Morgan fingerprint density at radius 2 is 2.05 bits per heavy atom. The van der Waals surface area contributed by atoms with Gasteiger partial charge in [0.2, 0.25) is 0 Å². The van der Waals surface area contributed by atoms with Gasteiger partial charge in [0.25, 0.3) is 5.91 Å². The summed E-state index contributed by atoms with van der Waals surface area (Å²) in [5.41, 5.74) is 4.10. The highest BCUT2D eigenvalue weighted by molar-refractivity contribution is 7.14. The molecule has 2 aromatic heterocycles. The Hall–Kier alpha value is -2.01. The van der Waals surface area contributed by atoms with Crippen molar-refractivity contribution in [2.45, 2.75) is 26.7 Å². The third-order valence-corrected chi connectivity index (χ3v) is 3.80. The Kier molecular flexibility index (Phi) is 5.01. The standard InChI is InChI=1S/C15H17N3OS/c1-3-4-13(14-6-5-11(2)20-14)17-18-15(19)12-7-9-16-10-8-12/h5-10H,3-4H2,1-2H3,(H,18,19)/b17-13-. The predicted molar refractivity (Wildman–Crippen MR) is 82.2 cm³/mol. The number of nitrogens with one attached hydrogen (secondary N) is 1. The number of aromatic nitrogens is 1. The highest BCUT2D eigenvalue weighted by Crippen LogP contribution is 2.18. The summed E-state index contributed by atoms with van der Waals surface area (Å²) in [4.78, 5) is 18.2. The van der Waals surface area contributed by atoms with Gasteiger partial charge in [-0.15, -0.1) is 11.3 Å². The summed E-state index contributed by atoms with van der Waals surface area (Å²) in [7, 11) is 0. The van der Waals surface area contributed by atoms with Crippen LogP contribution in [0.15, 0.2) is 41.8 Å².